The number of aryl methyl sites for hydroxylation is 1. The quantitative estimate of drug-likeness (QED) is 0.902. The molecule has 7 heteroatoms. The number of hydrogen-bond donors (Lipinski definition) is 2. The van der Waals surface area contributed by atoms with Crippen molar-refractivity contribution in [2.45, 2.75) is 41.3 Å². The van der Waals surface area contributed by atoms with Gasteiger partial charge in [0.25, 0.3) is 0 Å². The Hall–Kier alpha value is -1.86. The summed E-state index contributed by atoms with van der Waals surface area (Å²) in [5.41, 5.74) is 6.22. The van der Waals surface area contributed by atoms with Gasteiger partial charge in [-0.3, -0.25) is 4.79 Å². The van der Waals surface area contributed by atoms with Crippen LogP contribution in [-0.2, 0) is 11.8 Å². The minimum atomic E-state index is -0.702. The number of amides is 1. The highest BCUT2D eigenvalue weighted by atomic mass is 32.2. The summed E-state index contributed by atoms with van der Waals surface area (Å²) in [6, 6.07) is 7.67. The van der Waals surface area contributed by atoms with Gasteiger partial charge in [-0.05, 0) is 48.9 Å². The molecule has 1 heterocycles. The zero-order valence-electron chi connectivity index (χ0n) is 12.5. The number of carbonyl (C=O) groups excluding carboxylic acids is 1. The second-order valence-corrected chi connectivity index (χ2v) is 6.71. The predicted octanol–water partition coefficient (Wildman–Crippen LogP) is 2.18. The zero-order valence-corrected chi connectivity index (χ0v) is 13.3. The van der Waals surface area contributed by atoms with Crippen LogP contribution in [-0.4, -0.2) is 26.2 Å². The maximum Gasteiger partial charge on any atom is 0.244 e. The van der Waals surface area contributed by atoms with Crippen molar-refractivity contribution >= 4 is 23.4 Å². The van der Waals surface area contributed by atoms with Crippen molar-refractivity contribution in [3.8, 4) is 0 Å². The van der Waals surface area contributed by atoms with Crippen LogP contribution >= 0.6 is 11.8 Å². The van der Waals surface area contributed by atoms with Crippen LogP contribution in [0.25, 0.3) is 0 Å². The van der Waals surface area contributed by atoms with Crippen LogP contribution in [0, 0.1) is 0 Å². The molecule has 0 bridgehead atoms. The molecule has 6 nitrogen and oxygen atoms in total. The van der Waals surface area contributed by atoms with Gasteiger partial charge < -0.3 is 15.6 Å². The maximum atomic E-state index is 12.3. The minimum absolute atomic E-state index is 0.0845. The van der Waals surface area contributed by atoms with Crippen molar-refractivity contribution in [1.82, 2.24) is 14.8 Å². The molecule has 2 aromatic rings. The van der Waals surface area contributed by atoms with E-state index in [9.17, 15) is 4.79 Å². The molecule has 1 fully saturated rings. The van der Waals surface area contributed by atoms with E-state index < -0.39 is 5.54 Å². The molecule has 0 spiro atoms. The van der Waals surface area contributed by atoms with Gasteiger partial charge in [0, 0.05) is 17.6 Å². The van der Waals surface area contributed by atoms with Crippen LogP contribution in [0.3, 0.4) is 0 Å². The first-order valence-corrected chi connectivity index (χ1v) is 8.11. The van der Waals surface area contributed by atoms with Crippen molar-refractivity contribution in [1.29, 1.82) is 0 Å². The summed E-state index contributed by atoms with van der Waals surface area (Å²) in [5.74, 6) is -0.0845. The molecule has 1 aromatic carbocycles. The Morgan fingerprint density at radius 2 is 2.00 bits per heavy atom. The average molecular weight is 317 g/mol. The number of nitrogens with two attached hydrogens (primary N) is 1. The second-order valence-electron chi connectivity index (χ2n) is 5.67. The van der Waals surface area contributed by atoms with E-state index in [0.29, 0.717) is 0 Å². The molecule has 0 radical (unpaired) electrons. The van der Waals surface area contributed by atoms with E-state index in [1.165, 1.54) is 11.8 Å². The van der Waals surface area contributed by atoms with E-state index >= 15 is 0 Å². The molecule has 116 valence electrons. The second kappa shape index (κ2) is 6.10. The lowest BCUT2D eigenvalue weighted by molar-refractivity contribution is -0.121. The fourth-order valence-electron chi connectivity index (χ4n) is 2.57. The standard InChI is InChI=1S/C15H19N5OS/c1-20-10-17-19-14(20)22-12-6-4-11(5-7-12)18-13(21)15(16)8-2-3-9-15/h4-7,10H,2-3,8-9,16H2,1H3,(H,18,21). The van der Waals surface area contributed by atoms with Crippen LogP contribution in [0.1, 0.15) is 25.7 Å². The number of anilines is 1. The van der Waals surface area contributed by atoms with Crippen LogP contribution in [0.5, 0.6) is 0 Å². The van der Waals surface area contributed by atoms with Crippen molar-refractivity contribution < 1.29 is 4.79 Å². The Morgan fingerprint density at radius 1 is 1.32 bits per heavy atom. The Morgan fingerprint density at radius 3 is 2.59 bits per heavy atom. The fourth-order valence-corrected chi connectivity index (χ4v) is 3.33. The number of carbonyl (C=O) groups is 1. The monoisotopic (exact) mass is 317 g/mol. The molecule has 22 heavy (non-hydrogen) atoms. The SMILES string of the molecule is Cn1cnnc1Sc1ccc(NC(=O)C2(N)CCCC2)cc1. The third-order valence-corrected chi connectivity index (χ3v) is 5.00. The van der Waals surface area contributed by atoms with Crippen molar-refractivity contribution in [2.75, 3.05) is 5.32 Å². The normalized spacial score (nSPS) is 16.6. The summed E-state index contributed by atoms with van der Waals surface area (Å²) in [6.45, 7) is 0. The Bertz CT molecular complexity index is 661. The van der Waals surface area contributed by atoms with Crippen LogP contribution < -0.4 is 11.1 Å². The van der Waals surface area contributed by atoms with Gasteiger partial charge in [-0.1, -0.05) is 12.8 Å². The van der Waals surface area contributed by atoms with Crippen LogP contribution in [0.2, 0.25) is 0 Å². The van der Waals surface area contributed by atoms with Crippen molar-refractivity contribution in [3.05, 3.63) is 30.6 Å². The lowest BCUT2D eigenvalue weighted by Gasteiger charge is -2.22. The minimum Gasteiger partial charge on any atom is -0.324 e. The number of hydrogen-bond acceptors (Lipinski definition) is 5. The highest BCUT2D eigenvalue weighted by Crippen LogP contribution is 2.29. The Labute approximate surface area is 133 Å². The van der Waals surface area contributed by atoms with Gasteiger partial charge in [0.15, 0.2) is 5.16 Å². The molecule has 1 aliphatic rings. The molecule has 3 N–H and O–H groups in total. The average Bonchev–Trinajstić information content (AvgIpc) is 3.11. The first-order chi connectivity index (χ1) is 10.6. The lowest BCUT2D eigenvalue weighted by Crippen LogP contribution is -2.48. The van der Waals surface area contributed by atoms with Gasteiger partial charge in [0.1, 0.15) is 6.33 Å². The zero-order chi connectivity index (χ0) is 15.6. The van der Waals surface area contributed by atoms with Crippen molar-refractivity contribution in [3.63, 3.8) is 0 Å². The van der Waals surface area contributed by atoms with E-state index in [0.717, 1.165) is 41.4 Å². The molecular formula is C15H19N5OS. The molecule has 0 saturated heterocycles. The first-order valence-electron chi connectivity index (χ1n) is 7.29. The van der Waals surface area contributed by atoms with E-state index in [1.54, 1.807) is 6.33 Å². The van der Waals surface area contributed by atoms with E-state index in [-0.39, 0.29) is 5.91 Å². The van der Waals surface area contributed by atoms with Crippen LogP contribution in [0.4, 0.5) is 5.69 Å². The molecule has 3 rings (SSSR count). The number of aromatic nitrogens is 3. The highest BCUT2D eigenvalue weighted by molar-refractivity contribution is 7.99. The van der Waals surface area contributed by atoms with Crippen molar-refractivity contribution in [2.24, 2.45) is 12.8 Å². The summed E-state index contributed by atoms with van der Waals surface area (Å²) in [5, 5.41) is 11.6. The largest absolute Gasteiger partial charge is 0.324 e. The maximum absolute atomic E-state index is 12.3. The molecule has 1 aliphatic carbocycles. The summed E-state index contributed by atoms with van der Waals surface area (Å²) < 4.78 is 1.86. The number of nitrogens with one attached hydrogen (secondary N) is 1. The molecule has 0 unspecified atom stereocenters. The van der Waals surface area contributed by atoms with Gasteiger partial charge >= 0.3 is 0 Å². The summed E-state index contributed by atoms with van der Waals surface area (Å²) in [7, 11) is 1.90. The predicted molar refractivity (Wildman–Crippen MR) is 85.6 cm³/mol. The number of rotatable bonds is 4. The van der Waals surface area contributed by atoms with E-state index in [1.807, 2.05) is 35.9 Å². The molecule has 1 saturated carbocycles. The topological polar surface area (TPSA) is 85.8 Å². The van der Waals surface area contributed by atoms with Gasteiger partial charge in [0.2, 0.25) is 5.91 Å². The lowest BCUT2D eigenvalue weighted by atomic mass is 9.98. The van der Waals surface area contributed by atoms with Gasteiger partial charge in [-0.2, -0.15) is 0 Å². The molecular weight excluding hydrogens is 298 g/mol. The summed E-state index contributed by atoms with van der Waals surface area (Å²) in [6.07, 6.45) is 5.24. The van der Waals surface area contributed by atoms with E-state index in [4.69, 9.17) is 5.73 Å². The smallest absolute Gasteiger partial charge is 0.244 e. The number of benzene rings is 1. The molecule has 0 aliphatic heterocycles. The summed E-state index contributed by atoms with van der Waals surface area (Å²) in [4.78, 5) is 13.3. The number of nitrogens with zero attached hydrogens (tertiary/aromatic N) is 3. The Balaban J connectivity index is 1.64. The van der Waals surface area contributed by atoms with Gasteiger partial charge in [-0.15, -0.1) is 10.2 Å². The Kier molecular flexibility index (Phi) is 4.17. The van der Waals surface area contributed by atoms with E-state index in [2.05, 4.69) is 15.5 Å². The van der Waals surface area contributed by atoms with Gasteiger partial charge in [-0.25, -0.2) is 0 Å². The fraction of sp³-hybridized carbons (Fsp3) is 0.400. The van der Waals surface area contributed by atoms with Crippen LogP contribution in [0.15, 0.2) is 40.6 Å². The summed E-state index contributed by atoms with van der Waals surface area (Å²) >= 11 is 1.52. The third kappa shape index (κ3) is 3.15. The molecule has 0 atom stereocenters. The highest BCUT2D eigenvalue weighted by Gasteiger charge is 2.36. The first kappa shape index (κ1) is 15.1. The van der Waals surface area contributed by atoms with Gasteiger partial charge in [0.05, 0.1) is 5.54 Å². The molecule has 1 aromatic heterocycles. The third-order valence-electron chi connectivity index (χ3n) is 3.94. The molecule has 1 amide bonds.